The summed E-state index contributed by atoms with van der Waals surface area (Å²) in [4.78, 5) is 31.6. The van der Waals surface area contributed by atoms with Crippen molar-refractivity contribution >= 4 is 45.2 Å². The Morgan fingerprint density at radius 3 is 2.77 bits per heavy atom. The highest BCUT2D eigenvalue weighted by Crippen LogP contribution is 2.65. The number of hydrogen-bond acceptors (Lipinski definition) is 7. The molecule has 2 bridgehead atoms. The molecule has 2 aromatic rings. The Bertz CT molecular complexity index is 1370. The largest absolute Gasteiger partial charge is 0.493 e. The lowest BCUT2D eigenvalue weighted by Gasteiger charge is -2.60. The molecule has 1 aromatic carbocycles. The third kappa shape index (κ3) is 4.40. The Kier molecular flexibility index (Phi) is 7.28. The number of piperidine rings is 1. The molecule has 4 aliphatic rings. The molecule has 2 aliphatic carbocycles. The fraction of sp³-hybridized carbons (Fsp3) is 0.548. The van der Waals surface area contributed by atoms with Crippen LogP contribution >= 0.6 is 27.3 Å². The summed E-state index contributed by atoms with van der Waals surface area (Å²) in [6.45, 7) is 7.38. The van der Waals surface area contributed by atoms with Gasteiger partial charge in [-0.15, -0.1) is 11.3 Å². The molecule has 3 heterocycles. The molecule has 40 heavy (non-hydrogen) atoms. The first-order chi connectivity index (χ1) is 19.1. The van der Waals surface area contributed by atoms with E-state index in [1.807, 2.05) is 23.6 Å². The van der Waals surface area contributed by atoms with Crippen LogP contribution in [0, 0.1) is 11.8 Å². The first-order valence-corrected chi connectivity index (χ1v) is 15.8. The zero-order valence-electron chi connectivity index (χ0n) is 23.7. The molecular weight excluding hydrogens is 592 g/mol. The molecule has 6 rings (SSSR count). The lowest BCUT2D eigenvalue weighted by molar-refractivity contribution is -0.138. The molecule has 2 aliphatic heterocycles. The van der Waals surface area contributed by atoms with Crippen molar-refractivity contribution < 1.29 is 23.8 Å². The summed E-state index contributed by atoms with van der Waals surface area (Å²) in [6.07, 6.45) is 7.09. The van der Waals surface area contributed by atoms with Crippen molar-refractivity contribution in [3.63, 3.8) is 0 Å². The molecule has 0 N–H and O–H groups in total. The predicted molar refractivity (Wildman–Crippen MR) is 159 cm³/mol. The molecule has 0 radical (unpaired) electrons. The third-order valence-corrected chi connectivity index (χ3v) is 11.0. The lowest BCUT2D eigenvalue weighted by atomic mass is 9.51. The van der Waals surface area contributed by atoms with Crippen LogP contribution in [-0.4, -0.2) is 67.1 Å². The number of hydrogen-bond donors (Lipinski definition) is 0. The minimum absolute atomic E-state index is 0.0192. The number of carbonyl (C=O) groups excluding carboxylic acids is 2. The van der Waals surface area contributed by atoms with Gasteiger partial charge in [-0.05, 0) is 79.2 Å². The van der Waals surface area contributed by atoms with E-state index in [4.69, 9.17) is 14.2 Å². The number of halogens is 1. The Balaban J connectivity index is 1.45. The number of rotatable bonds is 7. The van der Waals surface area contributed by atoms with Crippen LogP contribution in [0.1, 0.15) is 56.0 Å². The lowest BCUT2D eigenvalue weighted by Crippen LogP contribution is -2.68. The summed E-state index contributed by atoms with van der Waals surface area (Å²) in [6, 6.07) is 4.09. The van der Waals surface area contributed by atoms with Crippen molar-refractivity contribution in [3.8, 4) is 17.2 Å². The van der Waals surface area contributed by atoms with Gasteiger partial charge in [0.25, 0.3) is 0 Å². The van der Waals surface area contributed by atoms with Crippen LogP contribution < -0.4 is 14.2 Å². The fourth-order valence-electron chi connectivity index (χ4n) is 7.91. The topological polar surface area (TPSA) is 68.3 Å². The number of amides is 1. The van der Waals surface area contributed by atoms with E-state index in [1.165, 1.54) is 6.92 Å². The number of benzene rings is 1. The van der Waals surface area contributed by atoms with Crippen LogP contribution in [0.4, 0.5) is 0 Å². The summed E-state index contributed by atoms with van der Waals surface area (Å²) in [5.41, 5.74) is 1.96. The van der Waals surface area contributed by atoms with Gasteiger partial charge in [-0.25, -0.2) is 0 Å². The Morgan fingerprint density at radius 1 is 1.30 bits per heavy atom. The van der Waals surface area contributed by atoms with Gasteiger partial charge in [0, 0.05) is 62.9 Å². The first kappa shape index (κ1) is 27.8. The summed E-state index contributed by atoms with van der Waals surface area (Å²) < 4.78 is 19.6. The summed E-state index contributed by atoms with van der Waals surface area (Å²) in [5.74, 6) is 2.33. The van der Waals surface area contributed by atoms with Crippen molar-refractivity contribution in [3.05, 3.63) is 44.1 Å². The van der Waals surface area contributed by atoms with Gasteiger partial charge < -0.3 is 24.0 Å². The van der Waals surface area contributed by atoms with Crippen LogP contribution in [0.15, 0.2) is 28.1 Å². The second-order valence-electron chi connectivity index (χ2n) is 12.1. The molecule has 1 saturated carbocycles. The van der Waals surface area contributed by atoms with E-state index in [-0.39, 0.29) is 29.4 Å². The van der Waals surface area contributed by atoms with E-state index in [1.54, 1.807) is 24.5 Å². The summed E-state index contributed by atoms with van der Waals surface area (Å²) in [5, 5.41) is 2.02. The summed E-state index contributed by atoms with van der Waals surface area (Å²) >= 11 is 5.11. The number of esters is 1. The zero-order chi connectivity index (χ0) is 28.3. The molecule has 1 aromatic heterocycles. The number of likely N-dealkylation sites (N-methyl/N-ethyl adjacent to an activating group) is 1. The molecule has 7 nitrogen and oxygen atoms in total. The maximum Gasteiger partial charge on any atom is 0.308 e. The smallest absolute Gasteiger partial charge is 0.308 e. The second kappa shape index (κ2) is 10.5. The van der Waals surface area contributed by atoms with E-state index in [0.29, 0.717) is 35.9 Å². The van der Waals surface area contributed by atoms with Crippen LogP contribution in [-0.2, 0) is 21.4 Å². The first-order valence-electron chi connectivity index (χ1n) is 14.2. The fourth-order valence-corrected chi connectivity index (χ4v) is 9.25. The zero-order valence-corrected chi connectivity index (χ0v) is 26.1. The Morgan fingerprint density at radius 2 is 2.10 bits per heavy atom. The van der Waals surface area contributed by atoms with Crippen LogP contribution in [0.5, 0.6) is 17.2 Å². The molecular formula is C31H37BrN2O5S. The number of nitrogens with zero attached hydrogens (tertiary/aromatic N) is 2. The van der Waals surface area contributed by atoms with Crippen LogP contribution in [0.3, 0.4) is 0 Å². The van der Waals surface area contributed by atoms with E-state index in [9.17, 15) is 9.59 Å². The van der Waals surface area contributed by atoms with Gasteiger partial charge in [0.05, 0.1) is 13.2 Å². The van der Waals surface area contributed by atoms with Gasteiger partial charge >= 0.3 is 5.97 Å². The van der Waals surface area contributed by atoms with E-state index >= 15 is 0 Å². The summed E-state index contributed by atoms with van der Waals surface area (Å²) in [7, 11) is 3.84. The molecule has 9 heteroatoms. The Labute approximate surface area is 248 Å². The number of methoxy groups -OCH3 is 1. The molecule has 1 saturated heterocycles. The molecule has 5 atom stereocenters. The predicted octanol–water partition coefficient (Wildman–Crippen LogP) is 5.68. The highest BCUT2D eigenvalue weighted by Gasteiger charge is 2.67. The number of carbonyl (C=O) groups is 2. The van der Waals surface area contributed by atoms with Gasteiger partial charge in [-0.3, -0.25) is 9.59 Å². The van der Waals surface area contributed by atoms with E-state index < -0.39 is 0 Å². The number of ether oxygens (including phenoxy) is 3. The maximum atomic E-state index is 13.9. The van der Waals surface area contributed by atoms with Gasteiger partial charge in [0.1, 0.15) is 11.9 Å². The monoisotopic (exact) mass is 628 g/mol. The van der Waals surface area contributed by atoms with Crippen molar-refractivity contribution in [2.45, 2.75) is 70.1 Å². The molecule has 1 spiro atoms. The highest BCUT2D eigenvalue weighted by atomic mass is 79.9. The molecule has 2 fully saturated rings. The van der Waals surface area contributed by atoms with Gasteiger partial charge in [0.15, 0.2) is 11.5 Å². The van der Waals surface area contributed by atoms with Crippen LogP contribution in [0.2, 0.25) is 0 Å². The average Bonchev–Trinajstić information content (AvgIpc) is 3.48. The van der Waals surface area contributed by atoms with E-state index in [0.717, 1.165) is 58.5 Å². The molecule has 1 amide bonds. The molecule has 0 unspecified atom stereocenters. The van der Waals surface area contributed by atoms with Crippen molar-refractivity contribution in [2.24, 2.45) is 11.8 Å². The normalized spacial score (nSPS) is 28.4. The Hall–Kier alpha value is -2.36. The van der Waals surface area contributed by atoms with E-state index in [2.05, 4.69) is 46.6 Å². The van der Waals surface area contributed by atoms with Crippen LogP contribution in [0.25, 0.3) is 6.08 Å². The maximum absolute atomic E-state index is 13.9. The number of thiophene rings is 1. The quantitative estimate of drug-likeness (QED) is 0.223. The molecule has 214 valence electrons. The van der Waals surface area contributed by atoms with Crippen molar-refractivity contribution in [2.75, 3.05) is 27.2 Å². The van der Waals surface area contributed by atoms with Gasteiger partial charge in [-0.2, -0.15) is 0 Å². The van der Waals surface area contributed by atoms with Crippen molar-refractivity contribution in [1.82, 2.24) is 9.80 Å². The minimum Gasteiger partial charge on any atom is -0.493 e. The second-order valence-corrected chi connectivity index (χ2v) is 13.9. The standard InChI is InChI=1S/C31H37BrN2O5S/c1-17(2)15-34(27(36)9-6-20-12-19(32)16-40-20)23-8-7-22-24-13-21-25(38-18(3)35)14-26(37-5)29-28(21)31(22,30(23)39-29)10-11-33(24)4/h6,9,12,14,16-17,22-24,30H,7-8,10-11,13,15H2,1-5H3/b9-6+/t22-,23-,24+,30-,31-/m0/s1. The van der Waals surface area contributed by atoms with Gasteiger partial charge in [0.2, 0.25) is 5.91 Å². The minimum atomic E-state index is -0.341. The highest BCUT2D eigenvalue weighted by molar-refractivity contribution is 9.10. The average molecular weight is 630 g/mol. The van der Waals surface area contributed by atoms with Gasteiger partial charge in [-0.1, -0.05) is 13.8 Å². The number of likely N-dealkylation sites (tertiary alicyclic amines) is 1. The third-order valence-electron chi connectivity index (χ3n) is 9.33. The van der Waals surface area contributed by atoms with Crippen molar-refractivity contribution in [1.29, 1.82) is 0 Å². The SMILES string of the molecule is COc1cc(OC(C)=O)c2c3c1O[C@H]1[C@@H](N(CC(C)C)C(=O)/C=C/c4cc(Br)cs4)CC[C@H]4[C@@H](C2)N(C)CC[C@@]341.